The molecule has 0 radical (unpaired) electrons. The lowest BCUT2D eigenvalue weighted by atomic mass is 10.3. The molecule has 16 heavy (non-hydrogen) atoms. The fraction of sp³-hybridized carbons (Fsp3) is 0.818. The fourth-order valence-corrected chi connectivity index (χ4v) is 2.60. The first-order chi connectivity index (χ1) is 7.72. The van der Waals surface area contributed by atoms with Crippen LogP contribution in [-0.2, 0) is 13.0 Å². The van der Waals surface area contributed by atoms with Crippen LogP contribution in [0.4, 0.5) is 0 Å². The van der Waals surface area contributed by atoms with E-state index in [9.17, 15) is 0 Å². The Labute approximate surface area is 102 Å². The zero-order chi connectivity index (χ0) is 11.5. The van der Waals surface area contributed by atoms with Crippen molar-refractivity contribution in [3.63, 3.8) is 0 Å². The second-order valence-electron chi connectivity index (χ2n) is 4.50. The summed E-state index contributed by atoms with van der Waals surface area (Å²) in [6, 6.07) is 0.553. The number of H-pyrrole nitrogens is 1. The zero-order valence-electron chi connectivity index (χ0n) is 10.1. The maximum Gasteiger partial charge on any atom is 0.195 e. The molecule has 2 heterocycles. The summed E-state index contributed by atoms with van der Waals surface area (Å²) in [4.78, 5) is 2.54. The van der Waals surface area contributed by atoms with E-state index >= 15 is 0 Å². The van der Waals surface area contributed by atoms with E-state index in [0.717, 1.165) is 23.6 Å². The van der Waals surface area contributed by atoms with Gasteiger partial charge in [-0.15, -0.1) is 0 Å². The molecule has 1 atom stereocenters. The molecule has 2 rings (SSSR count). The third kappa shape index (κ3) is 2.35. The molecule has 1 unspecified atom stereocenters. The van der Waals surface area contributed by atoms with Gasteiger partial charge in [0.25, 0.3) is 0 Å². The highest BCUT2D eigenvalue weighted by Crippen LogP contribution is 2.13. The maximum atomic E-state index is 5.26. The number of rotatable bonds is 4. The monoisotopic (exact) mass is 240 g/mol. The molecule has 0 spiro atoms. The second kappa shape index (κ2) is 5.10. The summed E-state index contributed by atoms with van der Waals surface area (Å²) in [5.74, 6) is 1.07. The molecule has 0 aromatic carbocycles. The molecule has 1 saturated heterocycles. The van der Waals surface area contributed by atoms with E-state index in [0.29, 0.717) is 6.04 Å². The number of aryl methyl sites for hydroxylation is 1. The quantitative estimate of drug-likeness (QED) is 0.818. The molecule has 1 N–H and O–H groups in total. The molecule has 1 aromatic heterocycles. The van der Waals surface area contributed by atoms with Gasteiger partial charge in [-0.05, 0) is 45.1 Å². The lowest BCUT2D eigenvalue weighted by molar-refractivity contribution is 0.233. The lowest BCUT2D eigenvalue weighted by Gasteiger charge is -2.24. The summed E-state index contributed by atoms with van der Waals surface area (Å²) in [7, 11) is 0. The van der Waals surface area contributed by atoms with E-state index in [1.165, 1.54) is 25.9 Å². The van der Waals surface area contributed by atoms with Crippen LogP contribution in [0.2, 0.25) is 0 Å². The maximum absolute atomic E-state index is 5.26. The van der Waals surface area contributed by atoms with Gasteiger partial charge in [-0.25, -0.2) is 0 Å². The molecule has 5 heteroatoms. The van der Waals surface area contributed by atoms with Gasteiger partial charge >= 0.3 is 0 Å². The number of hydrogen-bond acceptors (Lipinski definition) is 3. The van der Waals surface area contributed by atoms with Gasteiger partial charge in [0, 0.05) is 19.0 Å². The summed E-state index contributed by atoms with van der Waals surface area (Å²) in [6.45, 7) is 7.81. The Morgan fingerprint density at radius 3 is 2.75 bits per heavy atom. The Morgan fingerprint density at radius 2 is 2.12 bits per heavy atom. The molecule has 1 aliphatic heterocycles. The Morgan fingerprint density at radius 1 is 1.44 bits per heavy atom. The van der Waals surface area contributed by atoms with Crippen LogP contribution in [0.25, 0.3) is 0 Å². The van der Waals surface area contributed by atoms with Crippen LogP contribution in [0.3, 0.4) is 0 Å². The predicted molar refractivity (Wildman–Crippen MR) is 67.1 cm³/mol. The van der Waals surface area contributed by atoms with Crippen LogP contribution < -0.4 is 0 Å². The standard InChI is InChI=1S/C11H20N4S/c1-3-10-12-13-11(16)15(10)8-9(2)14-6-4-5-7-14/h9H,3-8H2,1-2H3,(H,13,16). The van der Waals surface area contributed by atoms with E-state index in [2.05, 4.69) is 33.5 Å². The molecule has 4 nitrogen and oxygen atoms in total. The van der Waals surface area contributed by atoms with Crippen molar-refractivity contribution in [3.8, 4) is 0 Å². The number of hydrogen-bond donors (Lipinski definition) is 1. The minimum absolute atomic E-state index is 0.553. The van der Waals surface area contributed by atoms with Gasteiger partial charge in [-0.1, -0.05) is 6.92 Å². The number of nitrogens with one attached hydrogen (secondary N) is 1. The van der Waals surface area contributed by atoms with Crippen molar-refractivity contribution in [2.75, 3.05) is 13.1 Å². The van der Waals surface area contributed by atoms with Crippen molar-refractivity contribution in [2.45, 2.75) is 45.7 Å². The predicted octanol–water partition coefficient (Wildman–Crippen LogP) is 1.99. The van der Waals surface area contributed by atoms with Crippen LogP contribution in [0.15, 0.2) is 0 Å². The number of aromatic nitrogens is 3. The van der Waals surface area contributed by atoms with Gasteiger partial charge in [-0.2, -0.15) is 5.10 Å². The van der Waals surface area contributed by atoms with Crippen molar-refractivity contribution in [1.82, 2.24) is 19.7 Å². The highest BCUT2D eigenvalue weighted by molar-refractivity contribution is 7.71. The van der Waals surface area contributed by atoms with Gasteiger partial charge in [0.15, 0.2) is 4.77 Å². The molecule has 1 aliphatic rings. The number of aromatic amines is 1. The van der Waals surface area contributed by atoms with Crippen LogP contribution in [0.5, 0.6) is 0 Å². The van der Waals surface area contributed by atoms with Crippen LogP contribution in [0.1, 0.15) is 32.5 Å². The normalized spacial score (nSPS) is 19.1. The van der Waals surface area contributed by atoms with Gasteiger partial charge in [0.05, 0.1) is 0 Å². The first-order valence-electron chi connectivity index (χ1n) is 6.10. The smallest absolute Gasteiger partial charge is 0.195 e. The van der Waals surface area contributed by atoms with Crippen molar-refractivity contribution in [1.29, 1.82) is 0 Å². The van der Waals surface area contributed by atoms with Gasteiger partial charge < -0.3 is 4.57 Å². The SMILES string of the molecule is CCc1n[nH]c(=S)n1CC(C)N1CCCC1. The molecule has 90 valence electrons. The molecule has 0 bridgehead atoms. The Bertz CT molecular complexity index is 389. The molecule has 0 aliphatic carbocycles. The average Bonchev–Trinajstić information content (AvgIpc) is 2.89. The van der Waals surface area contributed by atoms with Crippen LogP contribution in [-0.4, -0.2) is 38.8 Å². The van der Waals surface area contributed by atoms with E-state index in [1.807, 2.05) is 0 Å². The molecular weight excluding hydrogens is 220 g/mol. The highest BCUT2D eigenvalue weighted by Gasteiger charge is 2.19. The minimum atomic E-state index is 0.553. The topological polar surface area (TPSA) is 36.9 Å². The van der Waals surface area contributed by atoms with Crippen molar-refractivity contribution < 1.29 is 0 Å². The first-order valence-corrected chi connectivity index (χ1v) is 6.51. The van der Waals surface area contributed by atoms with Crippen LogP contribution >= 0.6 is 12.2 Å². The number of likely N-dealkylation sites (tertiary alicyclic amines) is 1. The zero-order valence-corrected chi connectivity index (χ0v) is 10.9. The average molecular weight is 240 g/mol. The molecule has 1 aromatic rings. The van der Waals surface area contributed by atoms with Gasteiger partial charge in [0.2, 0.25) is 0 Å². The van der Waals surface area contributed by atoms with Gasteiger partial charge in [0.1, 0.15) is 5.82 Å². The fourth-order valence-electron chi connectivity index (χ4n) is 2.37. The van der Waals surface area contributed by atoms with Crippen molar-refractivity contribution in [2.24, 2.45) is 0 Å². The van der Waals surface area contributed by atoms with Gasteiger partial charge in [-0.3, -0.25) is 10.00 Å². The van der Waals surface area contributed by atoms with Crippen LogP contribution in [0, 0.1) is 4.77 Å². The lowest BCUT2D eigenvalue weighted by Crippen LogP contribution is -2.34. The molecular formula is C11H20N4S. The number of nitrogens with zero attached hydrogens (tertiary/aromatic N) is 3. The molecule has 0 amide bonds. The molecule has 0 saturated carbocycles. The molecule has 1 fully saturated rings. The third-order valence-electron chi connectivity index (χ3n) is 3.36. The van der Waals surface area contributed by atoms with E-state index in [4.69, 9.17) is 12.2 Å². The summed E-state index contributed by atoms with van der Waals surface area (Å²) in [5.41, 5.74) is 0. The first kappa shape index (κ1) is 11.8. The Hall–Kier alpha value is -0.680. The Balaban J connectivity index is 2.07. The summed E-state index contributed by atoms with van der Waals surface area (Å²) < 4.78 is 2.89. The van der Waals surface area contributed by atoms with Crippen molar-refractivity contribution >= 4 is 12.2 Å². The minimum Gasteiger partial charge on any atom is -0.303 e. The highest BCUT2D eigenvalue weighted by atomic mass is 32.1. The van der Waals surface area contributed by atoms with E-state index in [-0.39, 0.29) is 0 Å². The third-order valence-corrected chi connectivity index (χ3v) is 3.68. The van der Waals surface area contributed by atoms with Crippen molar-refractivity contribution in [3.05, 3.63) is 10.6 Å². The van der Waals surface area contributed by atoms with E-state index in [1.54, 1.807) is 0 Å². The summed E-state index contributed by atoms with van der Waals surface area (Å²) in [5, 5.41) is 7.12. The largest absolute Gasteiger partial charge is 0.303 e. The second-order valence-corrected chi connectivity index (χ2v) is 4.89. The van der Waals surface area contributed by atoms with E-state index < -0.39 is 0 Å². The summed E-state index contributed by atoms with van der Waals surface area (Å²) >= 11 is 5.26. The Kier molecular flexibility index (Phi) is 3.76. The summed E-state index contributed by atoms with van der Waals surface area (Å²) in [6.07, 6.45) is 3.60.